The lowest BCUT2D eigenvalue weighted by atomic mass is 9.82. The zero-order valence-corrected chi connectivity index (χ0v) is 26.2. The summed E-state index contributed by atoms with van der Waals surface area (Å²) < 4.78 is 0. The molecule has 242 valence electrons. The number of piperazine rings is 2. The fraction of sp³-hybridized carbons (Fsp3) is 0.559. The van der Waals surface area contributed by atoms with E-state index in [1.165, 1.54) is 18.4 Å². The lowest BCUT2D eigenvalue weighted by molar-refractivity contribution is -0.140. The third kappa shape index (κ3) is 5.41. The smallest absolute Gasteiger partial charge is 0.317 e. The average Bonchev–Trinajstić information content (AvgIpc) is 3.45. The fourth-order valence-corrected chi connectivity index (χ4v) is 9.08. The molecule has 0 spiro atoms. The van der Waals surface area contributed by atoms with Crippen LogP contribution in [0.2, 0.25) is 0 Å². The Labute approximate surface area is 269 Å². The van der Waals surface area contributed by atoms with Gasteiger partial charge in [-0.1, -0.05) is 12.1 Å². The van der Waals surface area contributed by atoms with Gasteiger partial charge in [-0.25, -0.2) is 9.97 Å². The van der Waals surface area contributed by atoms with E-state index >= 15 is 0 Å². The van der Waals surface area contributed by atoms with Crippen LogP contribution in [-0.2, 0) is 4.79 Å². The Morgan fingerprint density at radius 1 is 0.826 bits per heavy atom. The monoisotopic (exact) mass is 625 g/mol. The summed E-state index contributed by atoms with van der Waals surface area (Å²) in [6.45, 7) is 3.80. The number of carboxylic acids is 1. The highest BCUT2D eigenvalue weighted by Gasteiger charge is 2.44. The topological polar surface area (TPSA) is 148 Å². The van der Waals surface area contributed by atoms with Crippen LogP contribution in [0.15, 0.2) is 42.7 Å². The first kappa shape index (κ1) is 29.4. The maximum absolute atomic E-state index is 11.3. The standard InChI is InChI=1S/C34H43N9O3/c35-33-30(13-29(38-39-33)28-3-1-2-4-31(28)44)41-18-26-11-12-27(19-41)43(26)34-36-14-22(15-37-34)21-5-7-23(8-6-21)40-16-24-9-10-25(17-40)42(24)20-32(45)46/h1-4,13-15,21,23-27,44H,5-12,16-20H2,(H2,35,39)(H,45,46)/t21?,23?,24?,25?,26-,27-/m0/s1. The van der Waals surface area contributed by atoms with Gasteiger partial charge in [0.1, 0.15) is 5.75 Å². The van der Waals surface area contributed by atoms with Crippen LogP contribution in [0, 0.1) is 0 Å². The number of nitrogens with zero attached hydrogens (tertiary/aromatic N) is 8. The largest absolute Gasteiger partial charge is 0.507 e. The molecule has 2 unspecified atom stereocenters. The number of hydrogen-bond donors (Lipinski definition) is 3. The van der Waals surface area contributed by atoms with Crippen molar-refractivity contribution >= 4 is 23.4 Å². The molecule has 4 aliphatic heterocycles. The summed E-state index contributed by atoms with van der Waals surface area (Å²) >= 11 is 0. The Bertz CT molecular complexity index is 1550. The van der Waals surface area contributed by atoms with E-state index in [0.29, 0.717) is 41.1 Å². The normalized spacial score (nSPS) is 29.7. The number of hydrogen-bond acceptors (Lipinski definition) is 11. The van der Waals surface area contributed by atoms with E-state index in [-0.39, 0.29) is 24.4 Å². The highest BCUT2D eigenvalue weighted by molar-refractivity contribution is 5.74. The van der Waals surface area contributed by atoms with E-state index < -0.39 is 5.97 Å². The summed E-state index contributed by atoms with van der Waals surface area (Å²) in [4.78, 5) is 30.8. The molecule has 1 aromatic carbocycles. The van der Waals surface area contributed by atoms with Gasteiger partial charge in [-0.05, 0) is 81.0 Å². The fourth-order valence-electron chi connectivity index (χ4n) is 9.08. The van der Waals surface area contributed by atoms with Gasteiger partial charge >= 0.3 is 5.97 Å². The van der Waals surface area contributed by atoms with Crippen molar-refractivity contribution in [2.75, 3.05) is 48.3 Å². The van der Waals surface area contributed by atoms with Crippen molar-refractivity contribution in [1.82, 2.24) is 30.0 Å². The molecule has 1 saturated carbocycles. The first-order valence-electron chi connectivity index (χ1n) is 16.9. The molecule has 8 rings (SSSR count). The van der Waals surface area contributed by atoms with Crippen LogP contribution in [0.4, 0.5) is 17.5 Å². The molecule has 5 fully saturated rings. The summed E-state index contributed by atoms with van der Waals surface area (Å²) in [6, 6.07) is 11.1. The summed E-state index contributed by atoms with van der Waals surface area (Å²) in [7, 11) is 0. The van der Waals surface area contributed by atoms with Crippen molar-refractivity contribution in [2.24, 2.45) is 0 Å². The number of aromatic hydroxyl groups is 1. The van der Waals surface area contributed by atoms with Crippen molar-refractivity contribution in [3.8, 4) is 17.0 Å². The van der Waals surface area contributed by atoms with Crippen LogP contribution in [0.25, 0.3) is 11.3 Å². The number of para-hydroxylation sites is 1. The van der Waals surface area contributed by atoms with Crippen LogP contribution < -0.4 is 15.5 Å². The highest BCUT2D eigenvalue weighted by atomic mass is 16.4. The van der Waals surface area contributed by atoms with Gasteiger partial charge in [0.15, 0.2) is 5.82 Å². The number of aliphatic carboxylic acids is 1. The Morgan fingerprint density at radius 2 is 1.46 bits per heavy atom. The number of carboxylic acid groups (broad SMARTS) is 1. The third-order valence-corrected chi connectivity index (χ3v) is 11.4. The number of nitrogen functional groups attached to an aromatic ring is 1. The van der Waals surface area contributed by atoms with Gasteiger partial charge in [0, 0.05) is 74.3 Å². The molecule has 46 heavy (non-hydrogen) atoms. The van der Waals surface area contributed by atoms with E-state index in [4.69, 9.17) is 15.7 Å². The average molecular weight is 626 g/mol. The summed E-state index contributed by atoms with van der Waals surface area (Å²) in [5, 5.41) is 28.2. The number of nitrogens with two attached hydrogens (primary N) is 1. The summed E-state index contributed by atoms with van der Waals surface area (Å²) in [6.07, 6.45) is 13.2. The van der Waals surface area contributed by atoms with Gasteiger partial charge in [0.2, 0.25) is 5.95 Å². The van der Waals surface area contributed by atoms with Gasteiger partial charge in [-0.2, -0.15) is 0 Å². The Morgan fingerprint density at radius 3 is 2.11 bits per heavy atom. The van der Waals surface area contributed by atoms with Crippen LogP contribution in [0.1, 0.15) is 62.8 Å². The van der Waals surface area contributed by atoms with Gasteiger partial charge in [0.05, 0.1) is 17.9 Å². The van der Waals surface area contributed by atoms with Crippen molar-refractivity contribution in [1.29, 1.82) is 0 Å². The number of fused-ring (bicyclic) bond motifs is 4. The molecule has 0 radical (unpaired) electrons. The minimum atomic E-state index is -0.707. The lowest BCUT2D eigenvalue weighted by Crippen LogP contribution is -2.57. The number of rotatable bonds is 7. The van der Waals surface area contributed by atoms with E-state index in [2.05, 4.69) is 42.2 Å². The van der Waals surface area contributed by atoms with E-state index in [1.807, 2.05) is 18.2 Å². The quantitative estimate of drug-likeness (QED) is 0.354. The number of phenolic OH excluding ortho intramolecular Hbond substituents is 1. The predicted octanol–water partition coefficient (Wildman–Crippen LogP) is 3.34. The third-order valence-electron chi connectivity index (χ3n) is 11.4. The number of likely N-dealkylation sites (tertiary alicyclic amines) is 1. The van der Waals surface area contributed by atoms with Crippen molar-refractivity contribution in [2.45, 2.75) is 87.5 Å². The molecule has 2 aromatic heterocycles. The molecule has 4 atom stereocenters. The maximum Gasteiger partial charge on any atom is 0.317 e. The zero-order chi connectivity index (χ0) is 31.4. The first-order chi connectivity index (χ1) is 22.4. The minimum absolute atomic E-state index is 0.172. The van der Waals surface area contributed by atoms with Crippen LogP contribution in [0.5, 0.6) is 5.75 Å². The van der Waals surface area contributed by atoms with Crippen LogP contribution in [0.3, 0.4) is 0 Å². The highest BCUT2D eigenvalue weighted by Crippen LogP contribution is 2.40. The second kappa shape index (κ2) is 12.0. The van der Waals surface area contributed by atoms with Gasteiger partial charge in [-0.3, -0.25) is 14.6 Å². The SMILES string of the molecule is Nc1nnc(-c2ccccc2O)cc1N1C[C@@H]2CC[C@@H](C1)N2c1ncc(C2CCC(N3CC4CCC(C3)N4CC(=O)O)CC2)cn1. The molecule has 4 saturated heterocycles. The number of anilines is 3. The predicted molar refractivity (Wildman–Crippen MR) is 175 cm³/mol. The molecule has 0 amide bonds. The number of benzene rings is 1. The van der Waals surface area contributed by atoms with Crippen molar-refractivity contribution < 1.29 is 15.0 Å². The Kier molecular flexibility index (Phi) is 7.64. The molecule has 6 heterocycles. The Hall–Kier alpha value is -4.03. The van der Waals surface area contributed by atoms with Gasteiger partial charge < -0.3 is 25.7 Å². The van der Waals surface area contributed by atoms with Crippen molar-refractivity contribution in [3.05, 3.63) is 48.3 Å². The van der Waals surface area contributed by atoms with Crippen LogP contribution >= 0.6 is 0 Å². The Balaban J connectivity index is 0.891. The minimum Gasteiger partial charge on any atom is -0.507 e. The molecule has 12 nitrogen and oxygen atoms in total. The summed E-state index contributed by atoms with van der Waals surface area (Å²) in [5.41, 5.74) is 9.67. The van der Waals surface area contributed by atoms with E-state index in [9.17, 15) is 15.0 Å². The molecular weight excluding hydrogens is 582 g/mol. The lowest BCUT2D eigenvalue weighted by Gasteiger charge is -2.45. The van der Waals surface area contributed by atoms with Gasteiger partial charge in [-0.15, -0.1) is 10.2 Å². The van der Waals surface area contributed by atoms with E-state index in [0.717, 1.165) is 76.3 Å². The molecule has 5 aliphatic rings. The molecule has 4 bridgehead atoms. The number of phenols is 1. The first-order valence-corrected chi connectivity index (χ1v) is 16.9. The molecule has 12 heteroatoms. The molecular formula is C34H43N9O3. The van der Waals surface area contributed by atoms with Crippen molar-refractivity contribution in [3.63, 3.8) is 0 Å². The maximum atomic E-state index is 11.3. The number of aromatic nitrogens is 4. The second-order valence-corrected chi connectivity index (χ2v) is 13.9. The molecule has 3 aromatic rings. The molecule has 1 aliphatic carbocycles. The van der Waals surface area contributed by atoms with Crippen LogP contribution in [-0.4, -0.2) is 109 Å². The zero-order valence-electron chi connectivity index (χ0n) is 26.2. The number of carbonyl (C=O) groups is 1. The second-order valence-electron chi connectivity index (χ2n) is 13.9. The van der Waals surface area contributed by atoms with E-state index in [1.54, 1.807) is 12.1 Å². The summed E-state index contributed by atoms with van der Waals surface area (Å²) in [5.74, 6) is 1.17. The molecule has 4 N–H and O–H groups in total. The van der Waals surface area contributed by atoms with Gasteiger partial charge in [0.25, 0.3) is 0 Å².